The number of hydrogen-bond donors (Lipinski definition) is 0. The fourth-order valence-electron chi connectivity index (χ4n) is 6.49. The van der Waals surface area contributed by atoms with Crippen LogP contribution in [0.2, 0.25) is 0 Å². The van der Waals surface area contributed by atoms with Gasteiger partial charge in [-0.3, -0.25) is 0 Å². The van der Waals surface area contributed by atoms with Crippen molar-refractivity contribution in [3.05, 3.63) is 114 Å². The summed E-state index contributed by atoms with van der Waals surface area (Å²) in [6, 6.07) is 37.9. The molecule has 1 unspecified atom stereocenters. The van der Waals surface area contributed by atoms with Crippen molar-refractivity contribution in [2.24, 2.45) is 5.92 Å². The number of fused-ring (bicyclic) bond motifs is 3. The molecule has 0 aliphatic heterocycles. The van der Waals surface area contributed by atoms with E-state index in [0.717, 1.165) is 24.7 Å². The van der Waals surface area contributed by atoms with Crippen molar-refractivity contribution >= 4 is 49.0 Å². The van der Waals surface area contributed by atoms with Gasteiger partial charge >= 0.3 is 0 Å². The zero-order chi connectivity index (χ0) is 26.7. The first-order chi connectivity index (χ1) is 19.8. The Labute approximate surface area is 239 Å². The van der Waals surface area contributed by atoms with Gasteiger partial charge in [0.1, 0.15) is 5.75 Å². The summed E-state index contributed by atoms with van der Waals surface area (Å²) in [5.74, 6) is 1.85. The van der Waals surface area contributed by atoms with Crippen LogP contribution in [0.5, 0.6) is 5.75 Å². The van der Waals surface area contributed by atoms with Crippen LogP contribution in [0, 0.1) is 5.92 Å². The van der Waals surface area contributed by atoms with Gasteiger partial charge in [-0.2, -0.15) is 0 Å². The van der Waals surface area contributed by atoms with Gasteiger partial charge in [-0.1, -0.05) is 117 Å². The molecule has 0 saturated heterocycles. The van der Waals surface area contributed by atoms with E-state index in [1.54, 1.807) is 0 Å². The van der Waals surface area contributed by atoms with Gasteiger partial charge in [0.25, 0.3) is 0 Å². The van der Waals surface area contributed by atoms with Crippen LogP contribution in [0.15, 0.2) is 113 Å². The van der Waals surface area contributed by atoms with E-state index in [1.165, 1.54) is 85.2 Å². The van der Waals surface area contributed by atoms with E-state index in [2.05, 4.69) is 115 Å². The minimum Gasteiger partial charge on any atom is -0.493 e. The van der Waals surface area contributed by atoms with Gasteiger partial charge in [0.15, 0.2) is 0 Å². The summed E-state index contributed by atoms with van der Waals surface area (Å²) in [6.07, 6.45) is 13.9. The number of hydrogen-bond acceptors (Lipinski definition) is 1. The summed E-state index contributed by atoms with van der Waals surface area (Å²) >= 11 is 0. The van der Waals surface area contributed by atoms with Gasteiger partial charge in [0.05, 0.1) is 6.61 Å². The van der Waals surface area contributed by atoms with Gasteiger partial charge in [0, 0.05) is 15.2 Å². The summed E-state index contributed by atoms with van der Waals surface area (Å²) in [7, 11) is -0.219. The van der Waals surface area contributed by atoms with E-state index < -0.39 is 0 Å². The molecule has 0 amide bonds. The third-order valence-electron chi connectivity index (χ3n) is 8.63. The smallest absolute Gasteiger partial charge is 0.127 e. The van der Waals surface area contributed by atoms with E-state index in [0.29, 0.717) is 0 Å². The first-order valence-electron chi connectivity index (χ1n) is 14.8. The molecule has 200 valence electrons. The average molecular weight is 541 g/mol. The summed E-state index contributed by atoms with van der Waals surface area (Å²) in [4.78, 5) is 4.21. The molecule has 1 atom stereocenters. The van der Waals surface area contributed by atoms with Crippen molar-refractivity contribution in [2.45, 2.75) is 54.7 Å². The standard InChI is InChI=1S/C38H36OS/c1-2-10-28(11-3-1)24-25-39-37-22-23-38(36-17-9-8-16-35(36)37)40(33-20-18-29-12-4-6-14-31(29)26-33)34-21-19-30-13-5-7-15-32(30)27-34/h4-9,12-20,22-23,26-28H,1-3,10-11,21,24-25H2. The molecule has 1 nitrogen and oxygen atoms in total. The van der Waals surface area contributed by atoms with Crippen LogP contribution in [0.3, 0.4) is 0 Å². The van der Waals surface area contributed by atoms with Crippen molar-refractivity contribution in [3.8, 4) is 5.75 Å². The summed E-state index contributed by atoms with van der Waals surface area (Å²) in [5, 5.41) is 7.76. The summed E-state index contributed by atoms with van der Waals surface area (Å²) in [6.45, 7) is 0.807. The number of rotatable bonds is 6. The Morgan fingerprint density at radius 3 is 2.30 bits per heavy atom. The Hall–Kier alpha value is -3.62. The third-order valence-corrected chi connectivity index (χ3v) is 11.0. The molecule has 5 aromatic carbocycles. The fraction of sp³-hybridized carbons (Fsp3) is 0.237. The first-order valence-corrected chi connectivity index (χ1v) is 16.1. The SMILES string of the molecule is C1=c2ccccc2=CC(=S(c2ccc3ccccc3c2)c2ccc(OCCC3CCCCC3)c3ccccc23)C1. The number of ether oxygens (including phenoxy) is 1. The molecule has 2 heteroatoms. The van der Waals surface area contributed by atoms with E-state index in [9.17, 15) is 0 Å². The molecular weight excluding hydrogens is 504 g/mol. The predicted molar refractivity (Wildman–Crippen MR) is 173 cm³/mol. The van der Waals surface area contributed by atoms with Crippen LogP contribution in [0.1, 0.15) is 44.9 Å². The largest absolute Gasteiger partial charge is 0.493 e. The Morgan fingerprint density at radius 2 is 1.43 bits per heavy atom. The van der Waals surface area contributed by atoms with Crippen LogP contribution in [-0.4, -0.2) is 11.5 Å². The molecular formula is C38H36OS. The van der Waals surface area contributed by atoms with Crippen LogP contribution in [-0.2, 0) is 0 Å². The lowest BCUT2D eigenvalue weighted by Gasteiger charge is -2.22. The van der Waals surface area contributed by atoms with E-state index in [1.807, 2.05) is 0 Å². The molecule has 2 aliphatic rings. The molecule has 0 N–H and O–H groups in total. The molecule has 0 heterocycles. The first kappa shape index (κ1) is 25.4. The Kier molecular flexibility index (Phi) is 7.27. The lowest BCUT2D eigenvalue weighted by molar-refractivity contribution is 0.248. The van der Waals surface area contributed by atoms with Gasteiger partial charge < -0.3 is 4.74 Å². The van der Waals surface area contributed by atoms with E-state index >= 15 is 0 Å². The summed E-state index contributed by atoms with van der Waals surface area (Å²) < 4.78 is 6.49. The lowest BCUT2D eigenvalue weighted by atomic mass is 9.87. The lowest BCUT2D eigenvalue weighted by Crippen LogP contribution is -2.28. The zero-order valence-electron chi connectivity index (χ0n) is 23.0. The van der Waals surface area contributed by atoms with Crippen LogP contribution >= 0.6 is 10.5 Å². The second-order valence-corrected chi connectivity index (χ2v) is 13.3. The third kappa shape index (κ3) is 5.13. The maximum atomic E-state index is 6.49. The maximum absolute atomic E-state index is 6.49. The molecule has 1 fully saturated rings. The highest BCUT2D eigenvalue weighted by molar-refractivity contribution is 8.16. The summed E-state index contributed by atoms with van der Waals surface area (Å²) in [5.41, 5.74) is 0. The normalized spacial score (nSPS) is 17.1. The molecule has 1 saturated carbocycles. The van der Waals surface area contributed by atoms with Crippen molar-refractivity contribution in [2.75, 3.05) is 6.61 Å². The highest BCUT2D eigenvalue weighted by Crippen LogP contribution is 2.45. The Bertz CT molecular complexity index is 1840. The van der Waals surface area contributed by atoms with Gasteiger partial charge in [0.2, 0.25) is 0 Å². The maximum Gasteiger partial charge on any atom is 0.127 e. The predicted octanol–water partition coefficient (Wildman–Crippen LogP) is 8.87. The molecule has 5 aromatic rings. The molecule has 7 rings (SSSR count). The van der Waals surface area contributed by atoms with Crippen LogP contribution < -0.4 is 15.2 Å². The number of benzene rings is 5. The van der Waals surface area contributed by atoms with Crippen molar-refractivity contribution in [1.29, 1.82) is 0 Å². The highest BCUT2D eigenvalue weighted by Gasteiger charge is 2.17. The average Bonchev–Trinajstić information content (AvgIpc) is 3.02. The highest BCUT2D eigenvalue weighted by atomic mass is 32.2. The quantitative estimate of drug-likeness (QED) is 0.195. The Balaban J connectivity index is 1.35. The van der Waals surface area contributed by atoms with Crippen molar-refractivity contribution in [3.63, 3.8) is 0 Å². The molecule has 0 spiro atoms. The van der Waals surface area contributed by atoms with Crippen molar-refractivity contribution in [1.82, 2.24) is 0 Å². The van der Waals surface area contributed by atoms with Crippen molar-refractivity contribution < 1.29 is 4.74 Å². The monoisotopic (exact) mass is 540 g/mol. The van der Waals surface area contributed by atoms with Gasteiger partial charge in [-0.15, -0.1) is 10.5 Å². The van der Waals surface area contributed by atoms with Crippen LogP contribution in [0.4, 0.5) is 0 Å². The second kappa shape index (κ2) is 11.5. The van der Waals surface area contributed by atoms with Gasteiger partial charge in [-0.05, 0) is 80.6 Å². The van der Waals surface area contributed by atoms with Crippen LogP contribution in [0.25, 0.3) is 33.7 Å². The van der Waals surface area contributed by atoms with Gasteiger partial charge in [-0.25, -0.2) is 0 Å². The molecule has 0 aromatic heterocycles. The molecule has 0 radical (unpaired) electrons. The fourth-order valence-corrected chi connectivity index (χ4v) is 8.87. The molecule has 40 heavy (non-hydrogen) atoms. The topological polar surface area (TPSA) is 9.23 Å². The van der Waals surface area contributed by atoms with E-state index in [4.69, 9.17) is 4.74 Å². The minimum absolute atomic E-state index is 0.219. The Morgan fingerprint density at radius 1 is 0.675 bits per heavy atom. The zero-order valence-corrected chi connectivity index (χ0v) is 23.8. The van der Waals surface area contributed by atoms with E-state index in [-0.39, 0.29) is 10.5 Å². The molecule has 2 aliphatic carbocycles. The second-order valence-electron chi connectivity index (χ2n) is 11.2. The minimum atomic E-state index is -0.219. The molecule has 0 bridgehead atoms.